The van der Waals surface area contributed by atoms with E-state index in [-0.39, 0.29) is 0 Å². The highest BCUT2D eigenvalue weighted by atomic mass is 32.2. The number of nitriles is 1. The van der Waals surface area contributed by atoms with Crippen molar-refractivity contribution in [1.82, 2.24) is 5.32 Å². The number of para-hydroxylation sites is 2. The summed E-state index contributed by atoms with van der Waals surface area (Å²) in [7, 11) is 0. The summed E-state index contributed by atoms with van der Waals surface area (Å²) in [6.45, 7) is 8.97. The Morgan fingerprint density at radius 2 is 1.79 bits per heavy atom. The van der Waals surface area contributed by atoms with Gasteiger partial charge < -0.3 is 10.1 Å². The van der Waals surface area contributed by atoms with E-state index in [1.165, 1.54) is 9.81 Å². The van der Waals surface area contributed by atoms with Crippen molar-refractivity contribution in [2.45, 2.75) is 59.8 Å². The Bertz CT molecular complexity index is 930. The molecule has 0 heterocycles. The molecule has 2 rings (SSSR count). The van der Waals surface area contributed by atoms with E-state index in [1.807, 2.05) is 55.6 Å². The molecule has 0 aliphatic carbocycles. The van der Waals surface area contributed by atoms with Crippen LogP contribution in [0.2, 0.25) is 0 Å². The van der Waals surface area contributed by atoms with Gasteiger partial charge in [0.2, 0.25) is 0 Å². The van der Waals surface area contributed by atoms with E-state index in [4.69, 9.17) is 10.00 Å². The molecule has 0 spiro atoms. The van der Waals surface area contributed by atoms with Crippen LogP contribution in [0.3, 0.4) is 0 Å². The van der Waals surface area contributed by atoms with E-state index in [0.717, 1.165) is 36.3 Å². The van der Waals surface area contributed by atoms with Gasteiger partial charge in [-0.05, 0) is 56.2 Å². The maximum absolute atomic E-state index is 10.9. The van der Waals surface area contributed by atoms with Gasteiger partial charge in [-0.25, -0.2) is 0 Å². The molecule has 0 fully saturated rings. The Kier molecular flexibility index (Phi) is 14.9. The molecule has 33 heavy (non-hydrogen) atoms. The predicted molar refractivity (Wildman–Crippen MR) is 141 cm³/mol. The van der Waals surface area contributed by atoms with Crippen molar-refractivity contribution in [3.05, 3.63) is 77.2 Å². The number of nitrogens with zero attached hydrogens (tertiary/aromatic N) is 1. The summed E-state index contributed by atoms with van der Waals surface area (Å²) in [5, 5.41) is 10.6. The second-order valence-corrected chi connectivity index (χ2v) is 8.61. The quantitative estimate of drug-likeness (QED) is 0.195. The van der Waals surface area contributed by atoms with E-state index in [1.54, 1.807) is 11.8 Å². The van der Waals surface area contributed by atoms with Crippen LogP contribution >= 0.6 is 11.8 Å². The first-order valence-corrected chi connectivity index (χ1v) is 12.3. The van der Waals surface area contributed by atoms with Crippen molar-refractivity contribution in [3.8, 4) is 17.7 Å². The second-order valence-electron chi connectivity index (χ2n) is 7.32. The van der Waals surface area contributed by atoms with E-state index in [9.17, 15) is 4.79 Å². The van der Waals surface area contributed by atoms with E-state index >= 15 is 0 Å². The summed E-state index contributed by atoms with van der Waals surface area (Å²) < 4.78 is 6.08. The van der Waals surface area contributed by atoms with Crippen LogP contribution in [0.5, 0.6) is 11.5 Å². The maximum atomic E-state index is 10.9. The molecule has 2 aromatic rings. The Morgan fingerprint density at radius 3 is 2.42 bits per heavy atom. The minimum Gasteiger partial charge on any atom is -0.457 e. The molecular weight excluding hydrogens is 428 g/mol. The number of hydrogen-bond acceptors (Lipinski definition) is 5. The maximum Gasteiger partial charge on any atom is 0.176 e. The molecule has 2 aromatic carbocycles. The second kappa shape index (κ2) is 17.6. The normalized spacial score (nSPS) is 11.1. The monoisotopic (exact) mass is 464 g/mol. The third-order valence-electron chi connectivity index (χ3n) is 4.56. The van der Waals surface area contributed by atoms with E-state index in [2.05, 4.69) is 50.4 Å². The highest BCUT2D eigenvalue weighted by Gasteiger charge is 2.10. The first kappa shape index (κ1) is 28.1. The molecule has 0 bridgehead atoms. The number of ether oxygens (including phenoxy) is 1. The minimum atomic E-state index is 0.298. The number of thioether (sulfide) groups is 1. The first-order chi connectivity index (χ1) is 16.0. The molecule has 0 aromatic heterocycles. The zero-order valence-electron chi connectivity index (χ0n) is 20.3. The summed E-state index contributed by atoms with van der Waals surface area (Å²) in [6, 6.07) is 18.1. The molecule has 0 saturated heterocycles. The highest BCUT2D eigenvalue weighted by Crippen LogP contribution is 2.39. The molecule has 4 nitrogen and oxygen atoms in total. The lowest BCUT2D eigenvalue weighted by Gasteiger charge is -2.14. The summed E-state index contributed by atoms with van der Waals surface area (Å²) in [4.78, 5) is 13.4. The minimum absolute atomic E-state index is 0.298. The van der Waals surface area contributed by atoms with Crippen molar-refractivity contribution in [1.29, 1.82) is 5.26 Å². The number of ketones is 1. The Hall–Kier alpha value is -2.97. The summed E-state index contributed by atoms with van der Waals surface area (Å²) in [5.41, 5.74) is 1.14. The fourth-order valence-corrected chi connectivity index (χ4v) is 3.83. The van der Waals surface area contributed by atoms with Crippen LogP contribution < -0.4 is 10.1 Å². The van der Waals surface area contributed by atoms with Crippen LogP contribution in [0.25, 0.3) is 4.91 Å². The van der Waals surface area contributed by atoms with Gasteiger partial charge in [0, 0.05) is 29.9 Å². The topological polar surface area (TPSA) is 62.1 Å². The van der Waals surface area contributed by atoms with Crippen molar-refractivity contribution in [2.24, 2.45) is 0 Å². The van der Waals surface area contributed by atoms with E-state index < -0.39 is 0 Å². The lowest BCUT2D eigenvalue weighted by molar-refractivity contribution is -0.119. The van der Waals surface area contributed by atoms with E-state index in [0.29, 0.717) is 25.2 Å². The smallest absolute Gasteiger partial charge is 0.176 e. The summed E-state index contributed by atoms with van der Waals surface area (Å²) >= 11 is 1.79. The van der Waals surface area contributed by atoms with Crippen LogP contribution in [0.15, 0.2) is 71.7 Å². The molecule has 1 N–H and O–H groups in total. The number of carbonyl (C=O) groups is 1. The summed E-state index contributed by atoms with van der Waals surface area (Å²) in [6.07, 6.45) is 10.2. The lowest BCUT2D eigenvalue weighted by Crippen LogP contribution is -2.09. The molecule has 0 amide bonds. The zero-order chi connectivity index (χ0) is 24.3. The average Bonchev–Trinajstić information content (AvgIpc) is 2.83. The Labute approximate surface area is 203 Å². The third kappa shape index (κ3) is 12.0. The number of rotatable bonds is 12. The van der Waals surface area contributed by atoms with Gasteiger partial charge in [-0.1, -0.05) is 74.2 Å². The number of benzene rings is 2. The van der Waals surface area contributed by atoms with Crippen LogP contribution in [-0.4, -0.2) is 12.3 Å². The van der Waals surface area contributed by atoms with Crippen LogP contribution in [0.4, 0.5) is 0 Å². The largest absolute Gasteiger partial charge is 0.457 e. The van der Waals surface area contributed by atoms with Gasteiger partial charge in [0.25, 0.3) is 0 Å². The van der Waals surface area contributed by atoms with Gasteiger partial charge in [-0.15, -0.1) is 0 Å². The number of hydrogen-bond donors (Lipinski definition) is 1. The molecule has 5 heteroatoms. The summed E-state index contributed by atoms with van der Waals surface area (Å²) in [5.74, 6) is 2.05. The van der Waals surface area contributed by atoms with Gasteiger partial charge in [0.05, 0.1) is 0 Å². The van der Waals surface area contributed by atoms with Crippen LogP contribution in [0.1, 0.15) is 65.4 Å². The van der Waals surface area contributed by atoms with Crippen molar-refractivity contribution < 1.29 is 9.53 Å². The Balaban J connectivity index is 0.000000420. The molecule has 0 radical (unpaired) electrons. The predicted octanol–water partition coefficient (Wildman–Crippen LogP) is 8.09. The molecule has 0 saturated carbocycles. The molecule has 0 aliphatic heterocycles. The standard InChI is InChI=1S/C20H22OS.C8H14N2O/c1-4-11-20(22-16(3)5-2)18-14-9-10-15-19(18)21-17-12-7-6-8-13-17;1-2-4-8(11)5-3-6-10-7-9/h5-15H,4H2,1-3H3;10H,2-6H2,1H3/b16-5-,20-11+;. The Morgan fingerprint density at radius 1 is 1.09 bits per heavy atom. The van der Waals surface area contributed by atoms with Crippen LogP contribution in [-0.2, 0) is 4.79 Å². The third-order valence-corrected chi connectivity index (χ3v) is 5.72. The highest BCUT2D eigenvalue weighted by molar-refractivity contribution is 8.11. The molecule has 0 unspecified atom stereocenters. The number of nitrogens with one attached hydrogen (secondary N) is 1. The number of carbonyl (C=O) groups excluding carboxylic acids is 1. The van der Waals surface area contributed by atoms with Gasteiger partial charge >= 0.3 is 0 Å². The first-order valence-electron chi connectivity index (χ1n) is 11.5. The molecule has 0 atom stereocenters. The van der Waals surface area contributed by atoms with Gasteiger partial charge in [-0.3, -0.25) is 4.79 Å². The van der Waals surface area contributed by atoms with Crippen LogP contribution in [0, 0.1) is 11.5 Å². The zero-order valence-corrected chi connectivity index (χ0v) is 21.1. The number of allylic oxidation sites excluding steroid dienone is 3. The fourth-order valence-electron chi connectivity index (χ4n) is 2.83. The van der Waals surface area contributed by atoms with Gasteiger partial charge in [0.1, 0.15) is 17.3 Å². The van der Waals surface area contributed by atoms with Gasteiger partial charge in [-0.2, -0.15) is 5.26 Å². The van der Waals surface area contributed by atoms with Gasteiger partial charge in [0.15, 0.2) is 6.19 Å². The fraction of sp³-hybridized carbons (Fsp3) is 0.357. The van der Waals surface area contributed by atoms with Crippen molar-refractivity contribution in [2.75, 3.05) is 6.54 Å². The number of Topliss-reactive ketones (excluding diaryl/α,β-unsaturated/α-hetero) is 1. The van der Waals surface area contributed by atoms with Crippen molar-refractivity contribution >= 4 is 22.5 Å². The molecule has 176 valence electrons. The lowest BCUT2D eigenvalue weighted by atomic mass is 10.1. The SMILES string of the molecule is C/C=C(/C)S/C(=C/CC)c1ccccc1Oc1ccccc1.CCCC(=O)CCCNC#N. The molecule has 0 aliphatic rings. The van der Waals surface area contributed by atoms with Crippen molar-refractivity contribution in [3.63, 3.8) is 0 Å². The average molecular weight is 465 g/mol. The molecular formula is C28H36N2O2S.